The number of furan rings is 1. The summed E-state index contributed by atoms with van der Waals surface area (Å²) < 4.78 is 6.57. The lowest BCUT2D eigenvalue weighted by molar-refractivity contribution is 0.673. The van der Waals surface area contributed by atoms with Crippen molar-refractivity contribution in [1.29, 1.82) is 0 Å². The van der Waals surface area contributed by atoms with Crippen LogP contribution < -0.4 is 4.90 Å². The maximum absolute atomic E-state index is 6.57. The largest absolute Gasteiger partial charge is 0.455 e. The number of hydrogen-bond acceptors (Lipinski definition) is 2. The van der Waals surface area contributed by atoms with Crippen molar-refractivity contribution in [2.75, 3.05) is 4.90 Å². The normalized spacial score (nSPS) is 11.5. The van der Waals surface area contributed by atoms with Crippen molar-refractivity contribution in [1.82, 2.24) is 0 Å². The summed E-state index contributed by atoms with van der Waals surface area (Å²) in [5, 5.41) is 7.08. The Bertz CT molecular complexity index is 2530. The number of nitrogens with zero attached hydrogens (tertiary/aromatic N) is 1. The number of rotatable bonds is 5. The first kappa shape index (κ1) is 26.3. The first-order valence-electron chi connectivity index (χ1n) is 15.7. The van der Waals surface area contributed by atoms with E-state index < -0.39 is 0 Å². The predicted molar refractivity (Wildman–Crippen MR) is 194 cm³/mol. The lowest BCUT2D eigenvalue weighted by Crippen LogP contribution is -2.11. The third kappa shape index (κ3) is 4.35. The second-order valence-corrected chi connectivity index (χ2v) is 11.7. The smallest absolute Gasteiger partial charge is 0.143 e. The van der Waals surface area contributed by atoms with Gasteiger partial charge >= 0.3 is 0 Å². The van der Waals surface area contributed by atoms with Crippen LogP contribution >= 0.6 is 0 Å². The fraction of sp³-hybridized carbons (Fsp3) is 0. The molecule has 0 aliphatic rings. The van der Waals surface area contributed by atoms with Crippen LogP contribution in [0.3, 0.4) is 0 Å². The van der Waals surface area contributed by atoms with E-state index in [4.69, 9.17) is 4.42 Å². The lowest BCUT2D eigenvalue weighted by Gasteiger charge is -2.28. The fourth-order valence-corrected chi connectivity index (χ4v) is 6.85. The van der Waals surface area contributed by atoms with Gasteiger partial charge in [-0.25, -0.2) is 0 Å². The van der Waals surface area contributed by atoms with Crippen molar-refractivity contribution in [3.63, 3.8) is 0 Å². The molecule has 8 aromatic carbocycles. The molecular weight excluding hydrogens is 558 g/mol. The van der Waals surface area contributed by atoms with Gasteiger partial charge in [0.15, 0.2) is 0 Å². The van der Waals surface area contributed by atoms with E-state index in [1.807, 2.05) is 0 Å². The van der Waals surface area contributed by atoms with E-state index in [0.717, 1.165) is 55.5 Å². The monoisotopic (exact) mass is 587 g/mol. The molecule has 0 atom stereocenters. The molecule has 0 radical (unpaired) electrons. The Morgan fingerprint density at radius 2 is 1.04 bits per heavy atom. The number of para-hydroxylation sites is 2. The number of benzene rings is 8. The summed E-state index contributed by atoms with van der Waals surface area (Å²) in [4.78, 5) is 2.36. The summed E-state index contributed by atoms with van der Waals surface area (Å²) in [7, 11) is 0. The summed E-state index contributed by atoms with van der Waals surface area (Å²) in [6, 6.07) is 62.7. The Hall–Kier alpha value is -6.12. The zero-order valence-electron chi connectivity index (χ0n) is 25.1. The van der Waals surface area contributed by atoms with Crippen molar-refractivity contribution < 1.29 is 4.42 Å². The molecule has 1 heterocycles. The van der Waals surface area contributed by atoms with Crippen LogP contribution in [0.15, 0.2) is 180 Å². The fourth-order valence-electron chi connectivity index (χ4n) is 6.85. The number of anilines is 3. The molecule has 0 unspecified atom stereocenters. The maximum Gasteiger partial charge on any atom is 0.143 e. The molecule has 2 heteroatoms. The van der Waals surface area contributed by atoms with Gasteiger partial charge in [-0.3, -0.25) is 0 Å². The van der Waals surface area contributed by atoms with Crippen LogP contribution in [0, 0.1) is 0 Å². The average Bonchev–Trinajstić information content (AvgIpc) is 3.52. The Morgan fingerprint density at radius 1 is 0.391 bits per heavy atom. The summed E-state index contributed by atoms with van der Waals surface area (Å²) in [6.45, 7) is 0. The average molecular weight is 588 g/mol. The molecule has 46 heavy (non-hydrogen) atoms. The molecule has 9 aromatic rings. The first-order chi connectivity index (χ1) is 22.8. The van der Waals surface area contributed by atoms with E-state index in [1.54, 1.807) is 0 Å². The molecule has 9 rings (SSSR count). The van der Waals surface area contributed by atoms with Gasteiger partial charge in [0.25, 0.3) is 0 Å². The summed E-state index contributed by atoms with van der Waals surface area (Å²) in [5.74, 6) is 0. The van der Waals surface area contributed by atoms with E-state index in [1.165, 1.54) is 27.3 Å². The molecule has 2 nitrogen and oxygen atoms in total. The van der Waals surface area contributed by atoms with Crippen molar-refractivity contribution in [3.05, 3.63) is 176 Å². The van der Waals surface area contributed by atoms with E-state index in [0.29, 0.717) is 0 Å². The number of hydrogen-bond donors (Lipinski definition) is 0. The van der Waals surface area contributed by atoms with Crippen LogP contribution in [0.1, 0.15) is 0 Å². The molecule has 0 fully saturated rings. The van der Waals surface area contributed by atoms with Crippen molar-refractivity contribution in [2.45, 2.75) is 0 Å². The molecule has 0 aliphatic heterocycles. The van der Waals surface area contributed by atoms with E-state index in [9.17, 15) is 0 Å². The highest BCUT2D eigenvalue weighted by Crippen LogP contribution is 2.45. The highest BCUT2D eigenvalue weighted by Gasteiger charge is 2.20. The van der Waals surface area contributed by atoms with Crippen molar-refractivity contribution >= 4 is 60.5 Å². The molecule has 0 amide bonds. The van der Waals surface area contributed by atoms with Gasteiger partial charge in [-0.15, -0.1) is 0 Å². The van der Waals surface area contributed by atoms with Crippen molar-refractivity contribution in [2.24, 2.45) is 0 Å². The van der Waals surface area contributed by atoms with E-state index in [2.05, 4.69) is 181 Å². The summed E-state index contributed by atoms with van der Waals surface area (Å²) >= 11 is 0. The van der Waals surface area contributed by atoms with Crippen LogP contribution in [0.4, 0.5) is 17.1 Å². The zero-order valence-corrected chi connectivity index (χ0v) is 25.1. The topological polar surface area (TPSA) is 16.4 Å². The minimum absolute atomic E-state index is 0.893. The lowest BCUT2D eigenvalue weighted by atomic mass is 9.96. The van der Waals surface area contributed by atoms with Crippen LogP contribution in [0.25, 0.3) is 65.7 Å². The Morgan fingerprint density at radius 3 is 1.91 bits per heavy atom. The molecule has 0 saturated carbocycles. The minimum Gasteiger partial charge on any atom is -0.455 e. The Labute approximate surface area is 267 Å². The molecule has 0 saturated heterocycles. The highest BCUT2D eigenvalue weighted by atomic mass is 16.3. The second kappa shape index (κ2) is 10.8. The van der Waals surface area contributed by atoms with Gasteiger partial charge in [-0.2, -0.15) is 0 Å². The van der Waals surface area contributed by atoms with Gasteiger partial charge in [-0.1, -0.05) is 127 Å². The van der Waals surface area contributed by atoms with Gasteiger partial charge in [0.1, 0.15) is 11.2 Å². The molecule has 0 spiro atoms. The van der Waals surface area contributed by atoms with Gasteiger partial charge in [0.05, 0.1) is 5.69 Å². The SMILES string of the molecule is c1ccc(N(c2ccc(-c3ccc4ccccc4c3)cc2)c2ccccc2-c2cccc3oc4c5ccccc5ccc4c23)cc1. The van der Waals surface area contributed by atoms with E-state index >= 15 is 0 Å². The molecule has 1 aromatic heterocycles. The van der Waals surface area contributed by atoms with Crippen molar-refractivity contribution in [3.8, 4) is 22.3 Å². The maximum atomic E-state index is 6.57. The molecule has 0 N–H and O–H groups in total. The molecule has 0 bridgehead atoms. The van der Waals surface area contributed by atoms with Gasteiger partial charge in [0.2, 0.25) is 0 Å². The van der Waals surface area contributed by atoms with Gasteiger partial charge in [0, 0.05) is 33.1 Å². The van der Waals surface area contributed by atoms with Crippen LogP contribution in [0.2, 0.25) is 0 Å². The first-order valence-corrected chi connectivity index (χ1v) is 15.7. The predicted octanol–water partition coefficient (Wildman–Crippen LogP) is 12.7. The third-order valence-electron chi connectivity index (χ3n) is 9.05. The Balaban J connectivity index is 1.21. The van der Waals surface area contributed by atoms with E-state index in [-0.39, 0.29) is 0 Å². The van der Waals surface area contributed by atoms with Crippen LogP contribution in [0.5, 0.6) is 0 Å². The summed E-state index contributed by atoms with van der Waals surface area (Å²) in [5.41, 5.74) is 9.83. The second-order valence-electron chi connectivity index (χ2n) is 11.7. The third-order valence-corrected chi connectivity index (χ3v) is 9.05. The Kier molecular flexibility index (Phi) is 6.17. The number of fused-ring (bicyclic) bond motifs is 6. The molecule has 216 valence electrons. The molecule has 0 aliphatic carbocycles. The van der Waals surface area contributed by atoms with Gasteiger partial charge in [-0.05, 0) is 81.4 Å². The zero-order chi connectivity index (χ0) is 30.5. The standard InChI is InChI=1S/C44H29NO/c1-2-14-35(15-3-1)45(36-26-23-31(24-27-36)34-22-21-30-11-4-5-13-33(30)29-34)41-19-9-8-17-38(41)39-18-10-20-42-43(39)40-28-25-32-12-6-7-16-37(32)44(40)46-42/h1-29H. The quantitative estimate of drug-likeness (QED) is 0.199. The van der Waals surface area contributed by atoms with Crippen LogP contribution in [-0.4, -0.2) is 0 Å². The van der Waals surface area contributed by atoms with Crippen LogP contribution in [-0.2, 0) is 0 Å². The summed E-state index contributed by atoms with van der Waals surface area (Å²) in [6.07, 6.45) is 0. The minimum atomic E-state index is 0.893. The molecular formula is C44H29NO. The van der Waals surface area contributed by atoms with Gasteiger partial charge < -0.3 is 9.32 Å². The highest BCUT2D eigenvalue weighted by molar-refractivity contribution is 6.19.